The van der Waals surface area contributed by atoms with Gasteiger partial charge in [-0.3, -0.25) is 4.79 Å². The number of hydrogen-bond donors (Lipinski definition) is 1. The van der Waals surface area contributed by atoms with Gasteiger partial charge in [-0.1, -0.05) is 19.3 Å². The van der Waals surface area contributed by atoms with E-state index < -0.39 is 0 Å². The fourth-order valence-electron chi connectivity index (χ4n) is 4.13. The molecule has 1 heterocycles. The Hall–Kier alpha value is -0.280. The van der Waals surface area contributed by atoms with Crippen molar-refractivity contribution < 1.29 is 4.79 Å². The maximum atomic E-state index is 12.7. The van der Waals surface area contributed by atoms with E-state index in [0.29, 0.717) is 11.9 Å². The third-order valence-corrected chi connectivity index (χ3v) is 5.71. The SMILES string of the molecule is Cl.O=C(CCC1CCNCC1)N(CC1CCCCC1)C1CC1. The van der Waals surface area contributed by atoms with Gasteiger partial charge in [-0.2, -0.15) is 0 Å². The molecular weight excluding hydrogens is 296 g/mol. The Morgan fingerprint density at radius 2 is 1.59 bits per heavy atom. The van der Waals surface area contributed by atoms with Crippen molar-refractivity contribution in [3.63, 3.8) is 0 Å². The predicted molar refractivity (Wildman–Crippen MR) is 93.4 cm³/mol. The number of piperidine rings is 1. The molecule has 4 heteroatoms. The lowest BCUT2D eigenvalue weighted by Gasteiger charge is -2.31. The summed E-state index contributed by atoms with van der Waals surface area (Å²) in [6.07, 6.45) is 13.8. The summed E-state index contributed by atoms with van der Waals surface area (Å²) in [5.41, 5.74) is 0. The summed E-state index contributed by atoms with van der Waals surface area (Å²) in [5, 5.41) is 3.41. The van der Waals surface area contributed by atoms with Crippen molar-refractivity contribution in [2.45, 2.75) is 76.7 Å². The molecule has 0 aromatic rings. The van der Waals surface area contributed by atoms with Crippen LogP contribution in [0.3, 0.4) is 0 Å². The zero-order valence-electron chi connectivity index (χ0n) is 13.9. The lowest BCUT2D eigenvalue weighted by Crippen LogP contribution is -2.38. The second-order valence-corrected chi connectivity index (χ2v) is 7.51. The highest BCUT2D eigenvalue weighted by atomic mass is 35.5. The highest BCUT2D eigenvalue weighted by Crippen LogP contribution is 2.32. The summed E-state index contributed by atoms with van der Waals surface area (Å²) in [6, 6.07) is 0.604. The molecule has 2 saturated carbocycles. The van der Waals surface area contributed by atoms with Crippen molar-refractivity contribution in [1.82, 2.24) is 10.2 Å². The van der Waals surface area contributed by atoms with Crippen LogP contribution in [-0.4, -0.2) is 36.5 Å². The average molecular weight is 329 g/mol. The first-order valence-corrected chi connectivity index (χ1v) is 9.33. The molecule has 22 heavy (non-hydrogen) atoms. The monoisotopic (exact) mass is 328 g/mol. The number of carbonyl (C=O) groups excluding carboxylic acids is 1. The van der Waals surface area contributed by atoms with Gasteiger partial charge < -0.3 is 10.2 Å². The van der Waals surface area contributed by atoms with Gasteiger partial charge in [0.25, 0.3) is 0 Å². The zero-order chi connectivity index (χ0) is 14.5. The third-order valence-electron chi connectivity index (χ3n) is 5.71. The van der Waals surface area contributed by atoms with E-state index in [9.17, 15) is 4.79 Å². The number of halogens is 1. The Bertz CT molecular complexity index is 334. The number of nitrogens with zero attached hydrogens (tertiary/aromatic N) is 1. The third kappa shape index (κ3) is 5.42. The minimum absolute atomic E-state index is 0. The first kappa shape index (κ1) is 18.1. The van der Waals surface area contributed by atoms with Gasteiger partial charge in [0, 0.05) is 19.0 Å². The van der Waals surface area contributed by atoms with Crippen LogP contribution in [-0.2, 0) is 4.79 Å². The topological polar surface area (TPSA) is 32.3 Å². The van der Waals surface area contributed by atoms with Gasteiger partial charge >= 0.3 is 0 Å². The Balaban J connectivity index is 0.00000176. The molecule has 3 rings (SSSR count). The van der Waals surface area contributed by atoms with Gasteiger partial charge in [0.1, 0.15) is 0 Å². The average Bonchev–Trinajstić information content (AvgIpc) is 3.37. The van der Waals surface area contributed by atoms with E-state index in [2.05, 4.69) is 10.2 Å². The number of amides is 1. The molecule has 1 saturated heterocycles. The normalized spacial score (nSPS) is 23.8. The standard InChI is InChI=1S/C18H32N2O.ClH/c21-18(9-6-15-10-12-19-13-11-15)20(17-7-8-17)14-16-4-2-1-3-5-16;/h15-17,19H,1-14H2;1H. The minimum atomic E-state index is 0. The van der Waals surface area contributed by atoms with Crippen LogP contribution < -0.4 is 5.32 Å². The zero-order valence-corrected chi connectivity index (χ0v) is 14.7. The van der Waals surface area contributed by atoms with E-state index >= 15 is 0 Å². The highest BCUT2D eigenvalue weighted by Gasteiger charge is 2.34. The van der Waals surface area contributed by atoms with Crippen molar-refractivity contribution in [3.05, 3.63) is 0 Å². The Labute approximate surface area is 142 Å². The quantitative estimate of drug-likeness (QED) is 0.805. The van der Waals surface area contributed by atoms with Crippen molar-refractivity contribution in [2.24, 2.45) is 11.8 Å². The molecule has 1 N–H and O–H groups in total. The fraction of sp³-hybridized carbons (Fsp3) is 0.944. The highest BCUT2D eigenvalue weighted by molar-refractivity contribution is 5.85. The molecule has 3 nitrogen and oxygen atoms in total. The molecule has 0 atom stereocenters. The van der Waals surface area contributed by atoms with Gasteiger partial charge in [0.15, 0.2) is 0 Å². The van der Waals surface area contributed by atoms with Crippen LogP contribution in [0.4, 0.5) is 0 Å². The summed E-state index contributed by atoms with van der Waals surface area (Å²) >= 11 is 0. The van der Waals surface area contributed by atoms with E-state index in [1.54, 1.807) is 0 Å². The molecule has 1 amide bonds. The van der Waals surface area contributed by atoms with Crippen LogP contribution in [0.15, 0.2) is 0 Å². The van der Waals surface area contributed by atoms with Crippen LogP contribution in [0.25, 0.3) is 0 Å². The van der Waals surface area contributed by atoms with E-state index in [0.717, 1.165) is 44.3 Å². The molecule has 3 aliphatic rings. The maximum absolute atomic E-state index is 12.7. The van der Waals surface area contributed by atoms with E-state index in [-0.39, 0.29) is 12.4 Å². The molecule has 0 aromatic heterocycles. The molecular formula is C18H33ClN2O. The number of carbonyl (C=O) groups is 1. The summed E-state index contributed by atoms with van der Waals surface area (Å²) in [6.45, 7) is 3.36. The predicted octanol–water partition coefficient (Wildman–Crippen LogP) is 3.76. The first-order valence-electron chi connectivity index (χ1n) is 9.33. The fourth-order valence-corrected chi connectivity index (χ4v) is 4.13. The molecule has 128 valence electrons. The number of rotatable bonds is 6. The van der Waals surface area contributed by atoms with Crippen molar-refractivity contribution in [3.8, 4) is 0 Å². The van der Waals surface area contributed by atoms with Crippen LogP contribution in [0.1, 0.15) is 70.6 Å². The van der Waals surface area contributed by atoms with Gasteiger partial charge in [-0.25, -0.2) is 0 Å². The first-order chi connectivity index (χ1) is 10.3. The number of nitrogens with one attached hydrogen (secondary N) is 1. The van der Waals surface area contributed by atoms with Crippen LogP contribution >= 0.6 is 12.4 Å². The second kappa shape index (κ2) is 9.12. The Morgan fingerprint density at radius 1 is 0.909 bits per heavy atom. The van der Waals surface area contributed by atoms with E-state index in [4.69, 9.17) is 0 Å². The summed E-state index contributed by atoms with van der Waals surface area (Å²) in [5.74, 6) is 2.04. The molecule has 0 aromatic carbocycles. The lowest BCUT2D eigenvalue weighted by atomic mass is 9.88. The van der Waals surface area contributed by atoms with Crippen LogP contribution in [0.2, 0.25) is 0 Å². The smallest absolute Gasteiger partial charge is 0.222 e. The molecule has 0 spiro atoms. The van der Waals surface area contributed by atoms with Gasteiger partial charge in [0.05, 0.1) is 0 Å². The minimum Gasteiger partial charge on any atom is -0.339 e. The van der Waals surface area contributed by atoms with Gasteiger partial charge in [0.2, 0.25) is 5.91 Å². The van der Waals surface area contributed by atoms with Crippen molar-refractivity contribution >= 4 is 18.3 Å². The molecule has 2 aliphatic carbocycles. The molecule has 1 aliphatic heterocycles. The largest absolute Gasteiger partial charge is 0.339 e. The molecule has 0 radical (unpaired) electrons. The Kier molecular flexibility index (Phi) is 7.49. The van der Waals surface area contributed by atoms with Crippen molar-refractivity contribution in [1.29, 1.82) is 0 Å². The van der Waals surface area contributed by atoms with Crippen molar-refractivity contribution in [2.75, 3.05) is 19.6 Å². The summed E-state index contributed by atoms with van der Waals surface area (Å²) < 4.78 is 0. The maximum Gasteiger partial charge on any atom is 0.222 e. The van der Waals surface area contributed by atoms with Gasteiger partial charge in [-0.05, 0) is 69.9 Å². The Morgan fingerprint density at radius 3 is 2.23 bits per heavy atom. The summed E-state index contributed by atoms with van der Waals surface area (Å²) in [4.78, 5) is 14.9. The molecule has 0 unspecified atom stereocenters. The number of hydrogen-bond acceptors (Lipinski definition) is 2. The van der Waals surface area contributed by atoms with E-state index in [1.165, 1.54) is 57.8 Å². The molecule has 0 bridgehead atoms. The summed E-state index contributed by atoms with van der Waals surface area (Å²) in [7, 11) is 0. The lowest BCUT2D eigenvalue weighted by molar-refractivity contribution is -0.133. The van der Waals surface area contributed by atoms with Crippen LogP contribution in [0, 0.1) is 11.8 Å². The van der Waals surface area contributed by atoms with Gasteiger partial charge in [-0.15, -0.1) is 12.4 Å². The van der Waals surface area contributed by atoms with E-state index in [1.807, 2.05) is 0 Å². The van der Waals surface area contributed by atoms with Crippen LogP contribution in [0.5, 0.6) is 0 Å². The second-order valence-electron chi connectivity index (χ2n) is 7.51. The molecule has 3 fully saturated rings.